The third-order valence-corrected chi connectivity index (χ3v) is 7.88. The van der Waals surface area contributed by atoms with E-state index in [2.05, 4.69) is 10.3 Å². The first-order valence-corrected chi connectivity index (χ1v) is 14.4. The molecule has 1 heterocycles. The molecule has 0 atom stereocenters. The first-order valence-electron chi connectivity index (χ1n) is 12.2. The van der Waals surface area contributed by atoms with Crippen molar-refractivity contribution in [3.8, 4) is 0 Å². The topological polar surface area (TPSA) is 106 Å². The van der Waals surface area contributed by atoms with Gasteiger partial charge in [-0.2, -0.15) is 0 Å². The summed E-state index contributed by atoms with van der Waals surface area (Å²) in [7, 11) is -4.36. The second-order valence-electron chi connectivity index (χ2n) is 9.93. The molecule has 0 spiro atoms. The third-order valence-electron chi connectivity index (χ3n) is 5.71. The molecule has 1 amide bonds. The van der Waals surface area contributed by atoms with E-state index < -0.39 is 28.1 Å². The van der Waals surface area contributed by atoms with Gasteiger partial charge in [0.15, 0.2) is 0 Å². The lowest BCUT2D eigenvalue weighted by molar-refractivity contribution is -0.152. The summed E-state index contributed by atoms with van der Waals surface area (Å²) >= 11 is 12.2. The number of nitrogens with zero attached hydrogens (tertiary/aromatic N) is 2. The van der Waals surface area contributed by atoms with Crippen LogP contribution in [0.4, 0.5) is 5.69 Å². The molecule has 4 rings (SSSR count). The van der Waals surface area contributed by atoms with E-state index >= 15 is 0 Å². The van der Waals surface area contributed by atoms with Gasteiger partial charge < -0.3 is 10.1 Å². The number of fused-ring (bicyclic) bond motifs is 1. The molecule has 0 saturated heterocycles. The molecule has 1 N–H and O–H groups in total. The molecular weight excluding hydrogens is 573 g/mol. The number of aromatic nitrogens is 1. The van der Waals surface area contributed by atoms with Crippen LogP contribution in [0, 0.1) is 0 Å². The van der Waals surface area contributed by atoms with Crippen molar-refractivity contribution in [3.63, 3.8) is 0 Å². The minimum atomic E-state index is -4.36. The fourth-order valence-corrected chi connectivity index (χ4v) is 6.24. The van der Waals surface area contributed by atoms with Gasteiger partial charge in [0.05, 0.1) is 10.6 Å². The summed E-state index contributed by atoms with van der Waals surface area (Å²) in [4.78, 5) is 30.0. The summed E-state index contributed by atoms with van der Waals surface area (Å²) in [5, 5.41) is 4.05. The van der Waals surface area contributed by atoms with Gasteiger partial charge in [-0.25, -0.2) is 8.42 Å². The highest BCUT2D eigenvalue weighted by molar-refractivity contribution is 7.93. The lowest BCUT2D eigenvalue weighted by atomic mass is 10.0. The first kappa shape index (κ1) is 29.3. The Morgan fingerprint density at radius 3 is 2.27 bits per heavy atom. The molecule has 4 aromatic rings. The van der Waals surface area contributed by atoms with Gasteiger partial charge in [-0.1, -0.05) is 53.5 Å². The Kier molecular flexibility index (Phi) is 8.68. The second-order valence-corrected chi connectivity index (χ2v) is 12.7. The van der Waals surface area contributed by atoms with E-state index in [1.54, 1.807) is 75.6 Å². The lowest BCUT2D eigenvalue weighted by Gasteiger charge is -2.27. The average molecular weight is 601 g/mol. The summed E-state index contributed by atoms with van der Waals surface area (Å²) in [5.41, 5.74) is 0.501. The smallest absolute Gasteiger partial charge is 0.327 e. The number of rotatable bonds is 8. The van der Waals surface area contributed by atoms with Crippen molar-refractivity contribution in [2.45, 2.75) is 37.8 Å². The van der Waals surface area contributed by atoms with E-state index in [1.807, 2.05) is 6.07 Å². The van der Waals surface area contributed by atoms with E-state index in [0.29, 0.717) is 16.3 Å². The summed E-state index contributed by atoms with van der Waals surface area (Å²) in [6, 6.07) is 17.4. The lowest BCUT2D eigenvalue weighted by Crippen LogP contribution is -2.39. The fourth-order valence-electron chi connectivity index (χ4n) is 4.08. The monoisotopic (exact) mass is 599 g/mol. The molecule has 40 heavy (non-hydrogen) atoms. The number of carbonyl (C=O) groups excluding carboxylic acids is 2. The Labute approximate surface area is 242 Å². The van der Waals surface area contributed by atoms with Crippen molar-refractivity contribution >= 4 is 61.6 Å². The molecule has 0 radical (unpaired) electrons. The van der Waals surface area contributed by atoms with Gasteiger partial charge in [0.2, 0.25) is 0 Å². The molecule has 3 aromatic carbocycles. The van der Waals surface area contributed by atoms with Gasteiger partial charge in [0, 0.05) is 39.9 Å². The molecule has 0 bridgehead atoms. The maximum Gasteiger partial charge on any atom is 0.327 e. The molecule has 0 aliphatic heterocycles. The number of esters is 1. The number of carbonyl (C=O) groups is 2. The number of halogens is 2. The van der Waals surface area contributed by atoms with Crippen LogP contribution in [0.3, 0.4) is 0 Å². The predicted octanol–water partition coefficient (Wildman–Crippen LogP) is 6.01. The van der Waals surface area contributed by atoms with Crippen molar-refractivity contribution in [1.29, 1.82) is 0 Å². The SMILES string of the molecule is CC(C)(C)OC(=O)CN(c1cccc2c(C(=O)NCc3cccnc3)cccc12)S(=O)(=O)c1cc(Cl)cc(Cl)c1. The molecule has 0 saturated carbocycles. The maximum atomic E-state index is 14.0. The normalized spacial score (nSPS) is 11.7. The number of benzene rings is 3. The van der Waals surface area contributed by atoms with Crippen LogP contribution < -0.4 is 9.62 Å². The van der Waals surface area contributed by atoms with E-state index in [1.165, 1.54) is 18.2 Å². The molecular formula is C29H27Cl2N3O5S. The van der Waals surface area contributed by atoms with Crippen molar-refractivity contribution in [2.24, 2.45) is 0 Å². The first-order chi connectivity index (χ1) is 18.8. The zero-order valence-electron chi connectivity index (χ0n) is 22.0. The molecule has 208 valence electrons. The van der Waals surface area contributed by atoms with Crippen molar-refractivity contribution in [1.82, 2.24) is 10.3 Å². The van der Waals surface area contributed by atoms with Crippen LogP contribution in [0.1, 0.15) is 36.7 Å². The number of pyridine rings is 1. The fraction of sp³-hybridized carbons (Fsp3) is 0.207. The number of nitrogens with one attached hydrogen (secondary N) is 1. The van der Waals surface area contributed by atoms with E-state index in [0.717, 1.165) is 9.87 Å². The molecule has 0 fully saturated rings. The maximum absolute atomic E-state index is 14.0. The second kappa shape index (κ2) is 11.8. The van der Waals surface area contributed by atoms with Gasteiger partial charge in [0.25, 0.3) is 15.9 Å². The Morgan fingerprint density at radius 1 is 0.950 bits per heavy atom. The largest absolute Gasteiger partial charge is 0.459 e. The van der Waals surface area contributed by atoms with Crippen LogP contribution in [0.15, 0.2) is 84.0 Å². The Balaban J connectivity index is 1.80. The Morgan fingerprint density at radius 2 is 1.62 bits per heavy atom. The van der Waals surface area contributed by atoms with Crippen LogP contribution >= 0.6 is 23.2 Å². The molecule has 1 aromatic heterocycles. The number of hydrogen-bond acceptors (Lipinski definition) is 6. The van der Waals surface area contributed by atoms with Gasteiger partial charge in [-0.3, -0.25) is 18.9 Å². The average Bonchev–Trinajstić information content (AvgIpc) is 2.89. The van der Waals surface area contributed by atoms with Crippen LogP contribution in [0.25, 0.3) is 10.8 Å². The molecule has 0 aliphatic carbocycles. The van der Waals surface area contributed by atoms with Crippen LogP contribution in [-0.2, 0) is 26.1 Å². The highest BCUT2D eigenvalue weighted by Gasteiger charge is 2.31. The Bertz CT molecular complexity index is 1650. The van der Waals surface area contributed by atoms with Gasteiger partial charge >= 0.3 is 5.97 Å². The van der Waals surface area contributed by atoms with Gasteiger partial charge in [-0.15, -0.1) is 0 Å². The summed E-state index contributed by atoms with van der Waals surface area (Å²) in [6.07, 6.45) is 3.30. The molecule has 0 unspecified atom stereocenters. The highest BCUT2D eigenvalue weighted by Crippen LogP contribution is 2.34. The van der Waals surface area contributed by atoms with Crippen LogP contribution in [-0.4, -0.2) is 37.4 Å². The summed E-state index contributed by atoms with van der Waals surface area (Å²) in [6.45, 7) is 4.70. The number of ether oxygens (including phenoxy) is 1. The number of sulfonamides is 1. The predicted molar refractivity (Wildman–Crippen MR) is 156 cm³/mol. The zero-order valence-corrected chi connectivity index (χ0v) is 24.3. The summed E-state index contributed by atoms with van der Waals surface area (Å²) < 4.78 is 34.3. The third kappa shape index (κ3) is 6.91. The molecule has 11 heteroatoms. The molecule has 8 nitrogen and oxygen atoms in total. The van der Waals surface area contributed by atoms with Crippen molar-refractivity contribution in [2.75, 3.05) is 10.8 Å². The standard InChI is InChI=1S/C29H27Cl2N3O5S/c1-29(2,3)39-27(35)18-34(40(37,38)22-14-20(30)13-21(31)15-22)26-11-5-8-23-24(26)9-4-10-25(23)28(36)33-17-19-7-6-12-32-16-19/h4-16H,17-18H2,1-3H3,(H,33,36). The van der Waals surface area contributed by atoms with Gasteiger partial charge in [-0.05, 0) is 68.1 Å². The van der Waals surface area contributed by atoms with Crippen LogP contribution in [0.5, 0.6) is 0 Å². The minimum Gasteiger partial charge on any atom is -0.459 e. The van der Waals surface area contributed by atoms with Crippen LogP contribution in [0.2, 0.25) is 10.0 Å². The summed E-state index contributed by atoms with van der Waals surface area (Å²) in [5.74, 6) is -1.11. The van der Waals surface area contributed by atoms with E-state index in [-0.39, 0.29) is 33.1 Å². The van der Waals surface area contributed by atoms with Gasteiger partial charge in [0.1, 0.15) is 12.1 Å². The quantitative estimate of drug-likeness (QED) is 0.249. The van der Waals surface area contributed by atoms with Crippen molar-refractivity contribution < 1.29 is 22.7 Å². The van der Waals surface area contributed by atoms with E-state index in [4.69, 9.17) is 27.9 Å². The highest BCUT2D eigenvalue weighted by atomic mass is 35.5. The van der Waals surface area contributed by atoms with E-state index in [9.17, 15) is 18.0 Å². The Hall–Kier alpha value is -3.66. The molecule has 0 aliphatic rings. The zero-order chi connectivity index (χ0) is 29.1. The van der Waals surface area contributed by atoms with Crippen molar-refractivity contribution in [3.05, 3.63) is 100 Å². The minimum absolute atomic E-state index is 0.119. The number of anilines is 1. The number of amides is 1. The number of hydrogen-bond donors (Lipinski definition) is 1.